The first-order valence-electron chi connectivity index (χ1n) is 2.83. The minimum absolute atomic E-state index is 0.137. The molecule has 0 aromatic rings. The molecule has 0 rings (SSSR count). The van der Waals surface area contributed by atoms with Gasteiger partial charge >= 0.3 is 11.9 Å². The molecule has 4 N–H and O–H groups in total. The molecule has 0 unspecified atom stereocenters. The highest BCUT2D eigenvalue weighted by Crippen LogP contribution is 1.85. The van der Waals surface area contributed by atoms with Crippen molar-refractivity contribution >= 4 is 11.9 Å². The third kappa shape index (κ3) is 3.16. The van der Waals surface area contributed by atoms with Crippen LogP contribution in [0.2, 0.25) is 0 Å². The fraction of sp³-hybridized carbons (Fsp3) is 0.600. The van der Waals surface area contributed by atoms with Crippen molar-refractivity contribution in [1.82, 2.24) is 0 Å². The SMILES string of the molecule is CCC(=O)OC(=O)C(N)N. The summed E-state index contributed by atoms with van der Waals surface area (Å²) in [6.07, 6.45) is -1.09. The maximum atomic E-state index is 10.4. The van der Waals surface area contributed by atoms with Crippen molar-refractivity contribution in [3.63, 3.8) is 0 Å². The van der Waals surface area contributed by atoms with E-state index in [9.17, 15) is 9.59 Å². The van der Waals surface area contributed by atoms with Crippen molar-refractivity contribution in [2.24, 2.45) is 11.5 Å². The number of hydrogen-bond acceptors (Lipinski definition) is 5. The minimum atomic E-state index is -1.23. The Morgan fingerprint density at radius 1 is 1.50 bits per heavy atom. The number of rotatable bonds is 2. The van der Waals surface area contributed by atoms with Crippen molar-refractivity contribution in [3.05, 3.63) is 0 Å². The smallest absolute Gasteiger partial charge is 0.345 e. The van der Waals surface area contributed by atoms with E-state index in [0.717, 1.165) is 0 Å². The van der Waals surface area contributed by atoms with E-state index in [2.05, 4.69) is 4.74 Å². The quantitative estimate of drug-likeness (QED) is 0.287. The van der Waals surface area contributed by atoms with Crippen molar-refractivity contribution in [3.8, 4) is 0 Å². The lowest BCUT2D eigenvalue weighted by Gasteiger charge is -2.02. The third-order valence-electron chi connectivity index (χ3n) is 0.775. The summed E-state index contributed by atoms with van der Waals surface area (Å²) in [6, 6.07) is 0. The summed E-state index contributed by atoms with van der Waals surface area (Å²) < 4.78 is 4.13. The van der Waals surface area contributed by atoms with Crippen LogP contribution in [-0.4, -0.2) is 18.1 Å². The molecule has 58 valence electrons. The van der Waals surface area contributed by atoms with Crippen LogP contribution in [0.15, 0.2) is 0 Å². The van der Waals surface area contributed by atoms with Crippen LogP contribution in [0.25, 0.3) is 0 Å². The van der Waals surface area contributed by atoms with E-state index in [4.69, 9.17) is 11.5 Å². The van der Waals surface area contributed by atoms with E-state index in [-0.39, 0.29) is 6.42 Å². The van der Waals surface area contributed by atoms with Gasteiger partial charge in [-0.3, -0.25) is 4.79 Å². The van der Waals surface area contributed by atoms with Gasteiger partial charge in [0, 0.05) is 6.42 Å². The standard InChI is InChI=1S/C5H10N2O3/c1-2-3(8)10-5(9)4(6)7/h4H,2,6-7H2,1H3. The van der Waals surface area contributed by atoms with Gasteiger partial charge in [0.15, 0.2) is 6.17 Å². The second kappa shape index (κ2) is 3.97. The Hall–Kier alpha value is -0.940. The van der Waals surface area contributed by atoms with Gasteiger partial charge in [0.05, 0.1) is 0 Å². The molecule has 0 aliphatic rings. The first-order valence-corrected chi connectivity index (χ1v) is 2.83. The molecule has 0 aromatic carbocycles. The molecule has 0 radical (unpaired) electrons. The van der Waals surface area contributed by atoms with Crippen LogP contribution >= 0.6 is 0 Å². The lowest BCUT2D eigenvalue weighted by molar-refractivity contribution is -0.160. The van der Waals surface area contributed by atoms with Gasteiger partial charge in [-0.1, -0.05) is 6.92 Å². The van der Waals surface area contributed by atoms with Gasteiger partial charge < -0.3 is 16.2 Å². The Morgan fingerprint density at radius 2 is 2.00 bits per heavy atom. The molecule has 0 fully saturated rings. The van der Waals surface area contributed by atoms with Gasteiger partial charge in [-0.05, 0) is 0 Å². The predicted molar refractivity (Wildman–Crippen MR) is 33.6 cm³/mol. The van der Waals surface area contributed by atoms with Crippen molar-refractivity contribution in [2.45, 2.75) is 19.5 Å². The molecule has 5 heteroatoms. The highest BCUT2D eigenvalue weighted by molar-refractivity contribution is 5.87. The lowest BCUT2D eigenvalue weighted by Crippen LogP contribution is -2.41. The topological polar surface area (TPSA) is 95.4 Å². The molecule has 0 atom stereocenters. The molecular formula is C5H10N2O3. The summed E-state index contributed by atoms with van der Waals surface area (Å²) in [5.41, 5.74) is 9.78. The second-order valence-electron chi connectivity index (χ2n) is 1.67. The number of esters is 2. The predicted octanol–water partition coefficient (Wildman–Crippen LogP) is -1.29. The molecule has 0 spiro atoms. The van der Waals surface area contributed by atoms with Crippen molar-refractivity contribution in [2.75, 3.05) is 0 Å². The van der Waals surface area contributed by atoms with Crippen LogP contribution in [0.4, 0.5) is 0 Å². The average molecular weight is 146 g/mol. The molecule has 0 heterocycles. The van der Waals surface area contributed by atoms with Crippen molar-refractivity contribution in [1.29, 1.82) is 0 Å². The number of nitrogens with two attached hydrogens (primary N) is 2. The zero-order chi connectivity index (χ0) is 8.15. The van der Waals surface area contributed by atoms with E-state index in [1.165, 1.54) is 0 Å². The Morgan fingerprint density at radius 3 is 2.30 bits per heavy atom. The van der Waals surface area contributed by atoms with Crippen LogP contribution in [0.5, 0.6) is 0 Å². The third-order valence-corrected chi connectivity index (χ3v) is 0.775. The van der Waals surface area contributed by atoms with Gasteiger partial charge in [-0.15, -0.1) is 0 Å². The highest BCUT2D eigenvalue weighted by atomic mass is 16.6. The highest BCUT2D eigenvalue weighted by Gasteiger charge is 2.12. The van der Waals surface area contributed by atoms with Gasteiger partial charge in [-0.2, -0.15) is 0 Å². The fourth-order valence-corrected chi connectivity index (χ4v) is 0.252. The monoisotopic (exact) mass is 146 g/mol. The van der Waals surface area contributed by atoms with Crippen molar-refractivity contribution < 1.29 is 14.3 Å². The minimum Gasteiger partial charge on any atom is -0.391 e. The van der Waals surface area contributed by atoms with E-state index in [0.29, 0.717) is 0 Å². The van der Waals surface area contributed by atoms with Gasteiger partial charge in [0.2, 0.25) is 0 Å². The normalized spacial score (nSPS) is 9.60. The Bertz CT molecular complexity index is 144. The lowest BCUT2D eigenvalue weighted by atomic mass is 10.5. The summed E-state index contributed by atoms with van der Waals surface area (Å²) in [5, 5.41) is 0. The largest absolute Gasteiger partial charge is 0.391 e. The van der Waals surface area contributed by atoms with Crippen LogP contribution in [0.3, 0.4) is 0 Å². The van der Waals surface area contributed by atoms with E-state index < -0.39 is 18.1 Å². The summed E-state index contributed by atoms with van der Waals surface area (Å²) in [7, 11) is 0. The summed E-state index contributed by atoms with van der Waals surface area (Å²) in [4.78, 5) is 20.8. The number of hydrogen-bond donors (Lipinski definition) is 2. The fourth-order valence-electron chi connectivity index (χ4n) is 0.252. The van der Waals surface area contributed by atoms with E-state index in [1.807, 2.05) is 0 Å². The molecule has 0 aliphatic carbocycles. The maximum Gasteiger partial charge on any atom is 0.345 e. The summed E-state index contributed by atoms with van der Waals surface area (Å²) in [5.74, 6) is -1.52. The molecular weight excluding hydrogens is 136 g/mol. The molecule has 5 nitrogen and oxygen atoms in total. The number of carbonyl (C=O) groups excluding carboxylic acids is 2. The van der Waals surface area contributed by atoms with Crippen LogP contribution in [0, 0.1) is 0 Å². The Balaban J connectivity index is 3.69. The average Bonchev–Trinajstić information content (AvgIpc) is 1.87. The van der Waals surface area contributed by atoms with E-state index in [1.54, 1.807) is 6.92 Å². The summed E-state index contributed by atoms with van der Waals surface area (Å²) in [6.45, 7) is 1.57. The number of ether oxygens (including phenoxy) is 1. The zero-order valence-electron chi connectivity index (χ0n) is 5.66. The van der Waals surface area contributed by atoms with Crippen LogP contribution < -0.4 is 11.5 Å². The second-order valence-corrected chi connectivity index (χ2v) is 1.67. The van der Waals surface area contributed by atoms with Crippen LogP contribution in [-0.2, 0) is 14.3 Å². The first kappa shape index (κ1) is 9.06. The first-order chi connectivity index (χ1) is 4.57. The molecule has 10 heavy (non-hydrogen) atoms. The zero-order valence-corrected chi connectivity index (χ0v) is 5.66. The number of carbonyl (C=O) groups is 2. The molecule has 0 amide bonds. The van der Waals surface area contributed by atoms with E-state index >= 15 is 0 Å². The summed E-state index contributed by atoms with van der Waals surface area (Å²) >= 11 is 0. The molecule has 0 saturated heterocycles. The van der Waals surface area contributed by atoms with Gasteiger partial charge in [0.1, 0.15) is 0 Å². The maximum absolute atomic E-state index is 10.4. The Labute approximate surface area is 58.3 Å². The van der Waals surface area contributed by atoms with Gasteiger partial charge in [0.25, 0.3) is 0 Å². The molecule has 0 bridgehead atoms. The Kier molecular flexibility index (Phi) is 3.60. The molecule has 0 aliphatic heterocycles. The van der Waals surface area contributed by atoms with Crippen LogP contribution in [0.1, 0.15) is 13.3 Å². The van der Waals surface area contributed by atoms with Gasteiger partial charge in [-0.25, -0.2) is 4.79 Å². The molecule has 0 aromatic heterocycles. The molecule has 0 saturated carbocycles.